The van der Waals surface area contributed by atoms with Crippen molar-refractivity contribution in [1.29, 1.82) is 0 Å². The van der Waals surface area contributed by atoms with Crippen molar-refractivity contribution in [3.8, 4) is 0 Å². The van der Waals surface area contributed by atoms with E-state index in [1.807, 2.05) is 0 Å². The van der Waals surface area contributed by atoms with Crippen molar-refractivity contribution in [3.63, 3.8) is 0 Å². The van der Waals surface area contributed by atoms with Gasteiger partial charge < -0.3 is 5.11 Å². The molecule has 6 atom stereocenters. The Labute approximate surface area is 105 Å². The van der Waals surface area contributed by atoms with Crippen LogP contribution in [0.1, 0.15) is 40.5 Å². The van der Waals surface area contributed by atoms with E-state index in [-0.39, 0.29) is 6.10 Å². The fraction of sp³-hybridized carbons (Fsp3) is 1.00. The lowest BCUT2D eigenvalue weighted by atomic mass is 9.74. The largest absolute Gasteiger partial charge is 0.393 e. The summed E-state index contributed by atoms with van der Waals surface area (Å²) < 4.78 is 0. The second kappa shape index (κ2) is 3.96. The highest BCUT2D eigenvalue weighted by Crippen LogP contribution is 2.58. The number of rotatable bonds is 2. The molecule has 1 heterocycles. The summed E-state index contributed by atoms with van der Waals surface area (Å²) in [5.74, 6) is 3.83. The number of hydrogen-bond acceptors (Lipinski definition) is 2. The molecule has 2 heteroatoms. The highest BCUT2D eigenvalue weighted by molar-refractivity contribution is 5.10. The first-order valence-electron chi connectivity index (χ1n) is 7.44. The molecule has 2 bridgehead atoms. The number of likely N-dealkylation sites (tertiary alicyclic amines) is 1. The summed E-state index contributed by atoms with van der Waals surface area (Å²) in [6.45, 7) is 10.7. The van der Waals surface area contributed by atoms with Crippen LogP contribution in [0.2, 0.25) is 0 Å². The average molecular weight is 237 g/mol. The Morgan fingerprint density at radius 2 is 1.76 bits per heavy atom. The zero-order valence-electron chi connectivity index (χ0n) is 11.6. The molecule has 1 saturated heterocycles. The van der Waals surface area contributed by atoms with Crippen LogP contribution >= 0.6 is 0 Å². The van der Waals surface area contributed by atoms with Gasteiger partial charge in [0.05, 0.1) is 6.10 Å². The van der Waals surface area contributed by atoms with Crippen molar-refractivity contribution in [3.05, 3.63) is 0 Å². The van der Waals surface area contributed by atoms with Crippen LogP contribution in [0.5, 0.6) is 0 Å². The van der Waals surface area contributed by atoms with Gasteiger partial charge in [-0.3, -0.25) is 4.90 Å². The Morgan fingerprint density at radius 3 is 2.35 bits per heavy atom. The Kier molecular flexibility index (Phi) is 2.79. The van der Waals surface area contributed by atoms with E-state index in [1.165, 1.54) is 13.0 Å². The lowest BCUT2D eigenvalue weighted by molar-refractivity contribution is 0.0424. The second-order valence-corrected chi connectivity index (χ2v) is 7.23. The van der Waals surface area contributed by atoms with E-state index in [1.54, 1.807) is 0 Å². The Bertz CT molecular complexity index is 301. The van der Waals surface area contributed by atoms with E-state index in [9.17, 15) is 5.11 Å². The van der Waals surface area contributed by atoms with Gasteiger partial charge in [0.1, 0.15) is 0 Å². The van der Waals surface area contributed by atoms with Gasteiger partial charge in [0.15, 0.2) is 0 Å². The van der Waals surface area contributed by atoms with E-state index in [4.69, 9.17) is 0 Å². The summed E-state index contributed by atoms with van der Waals surface area (Å²) in [5, 5.41) is 10.2. The van der Waals surface area contributed by atoms with Crippen LogP contribution in [0, 0.1) is 29.6 Å². The molecule has 0 radical (unpaired) electrons. The van der Waals surface area contributed by atoms with Crippen molar-refractivity contribution in [2.24, 2.45) is 29.6 Å². The van der Waals surface area contributed by atoms with E-state index >= 15 is 0 Å². The maximum Gasteiger partial charge on any atom is 0.0574 e. The summed E-state index contributed by atoms with van der Waals surface area (Å²) in [7, 11) is 0. The molecular weight excluding hydrogens is 210 g/mol. The van der Waals surface area contributed by atoms with Crippen molar-refractivity contribution < 1.29 is 5.11 Å². The number of fused-ring (bicyclic) bond motifs is 5. The minimum Gasteiger partial charge on any atom is -0.393 e. The Morgan fingerprint density at radius 1 is 1.06 bits per heavy atom. The van der Waals surface area contributed by atoms with Gasteiger partial charge in [-0.1, -0.05) is 13.8 Å². The van der Waals surface area contributed by atoms with E-state index in [2.05, 4.69) is 32.6 Å². The van der Waals surface area contributed by atoms with Crippen LogP contribution in [0.15, 0.2) is 0 Å². The molecule has 0 aromatic heterocycles. The van der Waals surface area contributed by atoms with Crippen molar-refractivity contribution in [2.75, 3.05) is 6.54 Å². The summed E-state index contributed by atoms with van der Waals surface area (Å²) >= 11 is 0. The summed E-state index contributed by atoms with van der Waals surface area (Å²) in [4.78, 5) is 2.72. The van der Waals surface area contributed by atoms with Gasteiger partial charge in [0, 0.05) is 18.6 Å². The number of nitrogens with zero attached hydrogens (tertiary/aromatic N) is 1. The molecule has 2 saturated carbocycles. The summed E-state index contributed by atoms with van der Waals surface area (Å²) in [6.07, 6.45) is 2.41. The molecule has 6 unspecified atom stereocenters. The summed E-state index contributed by atoms with van der Waals surface area (Å²) in [6, 6.07) is 1.37. The van der Waals surface area contributed by atoms with Gasteiger partial charge in [0.2, 0.25) is 0 Å². The number of aliphatic hydroxyl groups excluding tert-OH is 1. The van der Waals surface area contributed by atoms with Crippen LogP contribution in [-0.2, 0) is 0 Å². The molecule has 1 N–H and O–H groups in total. The Balaban J connectivity index is 1.88. The van der Waals surface area contributed by atoms with Gasteiger partial charge in [0.25, 0.3) is 0 Å². The van der Waals surface area contributed by atoms with Crippen LogP contribution in [0.4, 0.5) is 0 Å². The monoisotopic (exact) mass is 237 g/mol. The molecule has 17 heavy (non-hydrogen) atoms. The quantitative estimate of drug-likeness (QED) is 0.797. The maximum absolute atomic E-state index is 10.2. The second-order valence-electron chi connectivity index (χ2n) is 7.23. The molecule has 3 rings (SSSR count). The first kappa shape index (κ1) is 12.0. The normalized spacial score (nSPS) is 49.6. The highest BCUT2D eigenvalue weighted by Gasteiger charge is 2.59. The van der Waals surface area contributed by atoms with Crippen LogP contribution in [0.3, 0.4) is 0 Å². The molecule has 98 valence electrons. The molecule has 3 aliphatic rings. The predicted molar refractivity (Wildman–Crippen MR) is 69.7 cm³/mol. The van der Waals surface area contributed by atoms with Crippen LogP contribution < -0.4 is 0 Å². The van der Waals surface area contributed by atoms with Gasteiger partial charge >= 0.3 is 0 Å². The number of aliphatic hydroxyl groups is 1. The van der Waals surface area contributed by atoms with E-state index in [0.29, 0.717) is 18.0 Å². The smallest absolute Gasteiger partial charge is 0.0574 e. The third-order valence-corrected chi connectivity index (χ3v) is 5.75. The molecule has 2 nitrogen and oxygen atoms in total. The van der Waals surface area contributed by atoms with Crippen LogP contribution in [-0.4, -0.2) is 34.7 Å². The van der Waals surface area contributed by atoms with E-state index in [0.717, 1.165) is 30.1 Å². The van der Waals surface area contributed by atoms with Gasteiger partial charge in [-0.2, -0.15) is 0 Å². The average Bonchev–Trinajstić information content (AvgIpc) is 2.83. The van der Waals surface area contributed by atoms with Crippen molar-refractivity contribution in [2.45, 2.75) is 58.7 Å². The van der Waals surface area contributed by atoms with Gasteiger partial charge in [-0.05, 0) is 56.3 Å². The predicted octanol–water partition coefficient (Wildman–Crippen LogP) is 2.37. The zero-order chi connectivity index (χ0) is 12.3. The minimum absolute atomic E-state index is 0.00890. The minimum atomic E-state index is 0.00890. The topological polar surface area (TPSA) is 23.5 Å². The fourth-order valence-corrected chi connectivity index (χ4v) is 5.23. The molecule has 0 aromatic rings. The lowest BCUT2D eigenvalue weighted by Crippen LogP contribution is -2.44. The van der Waals surface area contributed by atoms with Gasteiger partial charge in [-0.15, -0.1) is 0 Å². The molecule has 2 aliphatic carbocycles. The van der Waals surface area contributed by atoms with Crippen molar-refractivity contribution >= 4 is 0 Å². The molecule has 1 aliphatic heterocycles. The third kappa shape index (κ3) is 1.60. The zero-order valence-corrected chi connectivity index (χ0v) is 11.6. The summed E-state index contributed by atoms with van der Waals surface area (Å²) in [5.41, 5.74) is 0. The SMILES string of the molecule is CC(C)C1C2C3CC(CC3O)C2CN1C(C)C. The lowest BCUT2D eigenvalue weighted by Gasteiger charge is -2.37. The first-order valence-corrected chi connectivity index (χ1v) is 7.44. The molecule has 3 fully saturated rings. The molecule has 0 amide bonds. The highest BCUT2D eigenvalue weighted by atomic mass is 16.3. The van der Waals surface area contributed by atoms with Crippen LogP contribution in [0.25, 0.3) is 0 Å². The van der Waals surface area contributed by atoms with Crippen molar-refractivity contribution in [1.82, 2.24) is 4.90 Å². The molecule has 0 spiro atoms. The molecule has 0 aromatic carbocycles. The van der Waals surface area contributed by atoms with E-state index < -0.39 is 0 Å². The first-order chi connectivity index (χ1) is 8.00. The fourth-order valence-electron chi connectivity index (χ4n) is 5.23. The number of hydrogen-bond donors (Lipinski definition) is 1. The maximum atomic E-state index is 10.2. The van der Waals surface area contributed by atoms with Gasteiger partial charge in [-0.25, -0.2) is 0 Å². The molecular formula is C15H27NO. The Hall–Kier alpha value is -0.0800. The third-order valence-electron chi connectivity index (χ3n) is 5.75. The standard InChI is InChI=1S/C15H27NO/c1-8(2)15-14-11-5-10(6-13(11)17)12(14)7-16(15)9(3)4/h8-15,17H,5-7H2,1-4H3.